The van der Waals surface area contributed by atoms with Crippen molar-refractivity contribution in [3.63, 3.8) is 0 Å². The number of benzene rings is 1. The van der Waals surface area contributed by atoms with Crippen LogP contribution in [0.3, 0.4) is 0 Å². The molecule has 0 aliphatic heterocycles. The van der Waals surface area contributed by atoms with Crippen LogP contribution in [-0.4, -0.2) is 21.1 Å². The first kappa shape index (κ1) is 16.7. The van der Waals surface area contributed by atoms with Crippen LogP contribution >= 0.6 is 22.7 Å². The molecule has 0 aliphatic rings. The van der Waals surface area contributed by atoms with Gasteiger partial charge in [0.25, 0.3) is 5.91 Å². The van der Waals surface area contributed by atoms with Crippen LogP contribution in [0.5, 0.6) is 0 Å². The Morgan fingerprint density at radius 1 is 1.25 bits per heavy atom. The van der Waals surface area contributed by atoms with Crippen molar-refractivity contribution in [1.82, 2.24) is 15.2 Å². The van der Waals surface area contributed by atoms with E-state index in [2.05, 4.69) is 34.3 Å². The number of halogens is 1. The third kappa shape index (κ3) is 3.82. The van der Waals surface area contributed by atoms with E-state index in [0.717, 1.165) is 22.8 Å². The zero-order valence-corrected chi connectivity index (χ0v) is 14.7. The largest absolute Gasteiger partial charge is 0.296 e. The fourth-order valence-corrected chi connectivity index (χ4v) is 3.82. The molecule has 0 fully saturated rings. The van der Waals surface area contributed by atoms with Gasteiger partial charge in [0.2, 0.25) is 5.13 Å². The summed E-state index contributed by atoms with van der Waals surface area (Å²) in [6.45, 7) is 4.20. The molecule has 124 valence electrons. The first-order chi connectivity index (χ1) is 11.5. The average Bonchev–Trinajstić information content (AvgIpc) is 3.17. The Morgan fingerprint density at radius 2 is 2.04 bits per heavy atom. The van der Waals surface area contributed by atoms with E-state index in [0.29, 0.717) is 26.5 Å². The van der Waals surface area contributed by atoms with E-state index in [-0.39, 0.29) is 11.7 Å². The molecule has 24 heavy (non-hydrogen) atoms. The van der Waals surface area contributed by atoms with Crippen LogP contribution in [0, 0.1) is 11.7 Å². The van der Waals surface area contributed by atoms with Crippen molar-refractivity contribution in [3.05, 3.63) is 46.2 Å². The highest BCUT2D eigenvalue weighted by atomic mass is 32.1. The summed E-state index contributed by atoms with van der Waals surface area (Å²) in [6, 6.07) is 6.36. The fourth-order valence-electron chi connectivity index (χ4n) is 2.03. The van der Waals surface area contributed by atoms with Crippen molar-refractivity contribution in [2.45, 2.75) is 20.3 Å². The second-order valence-electron chi connectivity index (χ2n) is 5.56. The summed E-state index contributed by atoms with van der Waals surface area (Å²) in [5.41, 5.74) is 0.386. The molecular formula is C16H15FN4OS2. The highest BCUT2D eigenvalue weighted by molar-refractivity contribution is 7.17. The highest BCUT2D eigenvalue weighted by Gasteiger charge is 2.16. The molecule has 0 bridgehead atoms. The molecule has 5 nitrogen and oxygen atoms in total. The summed E-state index contributed by atoms with van der Waals surface area (Å²) >= 11 is 2.50. The van der Waals surface area contributed by atoms with Gasteiger partial charge in [0.15, 0.2) is 0 Å². The number of nitrogens with zero attached hydrogens (tertiary/aromatic N) is 3. The standard InChI is InChI=1S/C16H15FN4OS2/c1-9(2)7-13-20-21-16(24-13)19-14(22)12-8-18-15(23-12)10-5-3-4-6-11(10)17/h3-6,8-9H,7H2,1-2H3,(H,19,21,22). The van der Waals surface area contributed by atoms with Gasteiger partial charge in [-0.3, -0.25) is 10.1 Å². The van der Waals surface area contributed by atoms with Crippen LogP contribution in [0.1, 0.15) is 28.5 Å². The summed E-state index contributed by atoms with van der Waals surface area (Å²) in [6.07, 6.45) is 2.27. The number of hydrogen-bond donors (Lipinski definition) is 1. The predicted molar refractivity (Wildman–Crippen MR) is 93.9 cm³/mol. The van der Waals surface area contributed by atoms with Gasteiger partial charge in [-0.05, 0) is 18.1 Å². The van der Waals surface area contributed by atoms with Crippen LogP contribution in [0.4, 0.5) is 9.52 Å². The number of aromatic nitrogens is 3. The Bertz CT molecular complexity index is 859. The summed E-state index contributed by atoms with van der Waals surface area (Å²) in [5, 5.41) is 12.6. The van der Waals surface area contributed by atoms with Crippen LogP contribution in [0.15, 0.2) is 30.5 Å². The number of amides is 1. The van der Waals surface area contributed by atoms with Crippen LogP contribution in [-0.2, 0) is 6.42 Å². The summed E-state index contributed by atoms with van der Waals surface area (Å²) in [7, 11) is 0. The van der Waals surface area contributed by atoms with E-state index in [4.69, 9.17) is 0 Å². The molecule has 3 aromatic rings. The van der Waals surface area contributed by atoms with E-state index < -0.39 is 0 Å². The average molecular weight is 362 g/mol. The number of rotatable bonds is 5. The topological polar surface area (TPSA) is 67.8 Å². The molecule has 0 unspecified atom stereocenters. The number of nitrogens with one attached hydrogen (secondary N) is 1. The van der Waals surface area contributed by atoms with Gasteiger partial charge < -0.3 is 0 Å². The van der Waals surface area contributed by atoms with E-state index in [1.54, 1.807) is 18.2 Å². The minimum Gasteiger partial charge on any atom is -0.296 e. The van der Waals surface area contributed by atoms with E-state index in [9.17, 15) is 9.18 Å². The third-order valence-electron chi connectivity index (χ3n) is 3.10. The Morgan fingerprint density at radius 3 is 2.79 bits per heavy atom. The van der Waals surface area contributed by atoms with Gasteiger partial charge in [-0.25, -0.2) is 9.37 Å². The van der Waals surface area contributed by atoms with Gasteiger partial charge in [0.1, 0.15) is 20.7 Å². The van der Waals surface area contributed by atoms with Crippen LogP contribution in [0.25, 0.3) is 10.6 Å². The second-order valence-corrected chi connectivity index (χ2v) is 7.66. The zero-order chi connectivity index (χ0) is 17.1. The SMILES string of the molecule is CC(C)Cc1nnc(NC(=O)c2cnc(-c3ccccc3F)s2)s1. The lowest BCUT2D eigenvalue weighted by molar-refractivity contribution is 0.103. The second kappa shape index (κ2) is 7.14. The van der Waals surface area contributed by atoms with Gasteiger partial charge in [0.05, 0.1) is 6.20 Å². The van der Waals surface area contributed by atoms with Crippen molar-refractivity contribution in [2.75, 3.05) is 5.32 Å². The first-order valence-electron chi connectivity index (χ1n) is 7.37. The summed E-state index contributed by atoms with van der Waals surface area (Å²) in [4.78, 5) is 16.8. The number of thiazole rings is 1. The lowest BCUT2D eigenvalue weighted by Gasteiger charge is -1.98. The van der Waals surface area contributed by atoms with Gasteiger partial charge in [0, 0.05) is 12.0 Å². The Kier molecular flexibility index (Phi) is 4.96. The Labute approximate surface area is 146 Å². The molecule has 0 saturated carbocycles. The number of anilines is 1. The quantitative estimate of drug-likeness (QED) is 0.737. The van der Waals surface area contributed by atoms with Crippen molar-refractivity contribution >= 4 is 33.7 Å². The summed E-state index contributed by atoms with van der Waals surface area (Å²) in [5.74, 6) is -0.199. The van der Waals surface area contributed by atoms with E-state index >= 15 is 0 Å². The Balaban J connectivity index is 1.72. The zero-order valence-electron chi connectivity index (χ0n) is 13.1. The van der Waals surface area contributed by atoms with Crippen molar-refractivity contribution in [3.8, 4) is 10.6 Å². The molecule has 8 heteroatoms. The normalized spacial score (nSPS) is 11.0. The lowest BCUT2D eigenvalue weighted by Crippen LogP contribution is -2.09. The molecule has 0 radical (unpaired) electrons. The van der Waals surface area contributed by atoms with Gasteiger partial charge in [-0.1, -0.05) is 37.3 Å². The first-order valence-corrected chi connectivity index (χ1v) is 9.00. The third-order valence-corrected chi connectivity index (χ3v) is 4.99. The summed E-state index contributed by atoms with van der Waals surface area (Å²) < 4.78 is 13.8. The lowest BCUT2D eigenvalue weighted by atomic mass is 10.1. The smallest absolute Gasteiger partial charge is 0.269 e. The molecule has 3 rings (SSSR count). The monoisotopic (exact) mass is 362 g/mol. The van der Waals surface area contributed by atoms with E-state index in [1.165, 1.54) is 23.6 Å². The molecule has 2 aromatic heterocycles. The van der Waals surface area contributed by atoms with Gasteiger partial charge in [-0.15, -0.1) is 21.5 Å². The van der Waals surface area contributed by atoms with Crippen LogP contribution < -0.4 is 5.32 Å². The van der Waals surface area contributed by atoms with Gasteiger partial charge in [-0.2, -0.15) is 0 Å². The fraction of sp³-hybridized carbons (Fsp3) is 0.250. The molecule has 0 aliphatic carbocycles. The molecule has 2 heterocycles. The maximum absolute atomic E-state index is 13.8. The molecule has 1 N–H and O–H groups in total. The van der Waals surface area contributed by atoms with Crippen LogP contribution in [0.2, 0.25) is 0 Å². The number of carbonyl (C=O) groups excluding carboxylic acids is 1. The highest BCUT2D eigenvalue weighted by Crippen LogP contribution is 2.28. The van der Waals surface area contributed by atoms with Gasteiger partial charge >= 0.3 is 0 Å². The minimum atomic E-state index is -0.360. The minimum absolute atomic E-state index is 0.317. The number of hydrogen-bond acceptors (Lipinski definition) is 6. The molecular weight excluding hydrogens is 347 g/mol. The Hall–Kier alpha value is -2.19. The molecule has 1 amide bonds. The maximum Gasteiger partial charge on any atom is 0.269 e. The molecule has 0 atom stereocenters. The molecule has 0 saturated heterocycles. The van der Waals surface area contributed by atoms with E-state index in [1.807, 2.05) is 0 Å². The van der Waals surface area contributed by atoms with Crippen molar-refractivity contribution in [1.29, 1.82) is 0 Å². The predicted octanol–water partition coefficient (Wildman–Crippen LogP) is 4.25. The van der Waals surface area contributed by atoms with Crippen molar-refractivity contribution < 1.29 is 9.18 Å². The maximum atomic E-state index is 13.8. The molecule has 1 aromatic carbocycles. The van der Waals surface area contributed by atoms with Crippen molar-refractivity contribution in [2.24, 2.45) is 5.92 Å². The molecule has 0 spiro atoms. The number of carbonyl (C=O) groups is 1.